The van der Waals surface area contributed by atoms with Crippen LogP contribution in [-0.2, 0) is 15.8 Å². The normalized spacial score (nSPS) is 10.4. The van der Waals surface area contributed by atoms with E-state index in [9.17, 15) is 8.42 Å². The van der Waals surface area contributed by atoms with Crippen LogP contribution in [0.3, 0.4) is 0 Å². The number of hydrogen-bond acceptors (Lipinski definition) is 4. The molecule has 1 aromatic rings. The van der Waals surface area contributed by atoms with Crippen LogP contribution in [0.4, 0.5) is 5.69 Å². The Morgan fingerprint density at radius 2 is 1.88 bits per heavy atom. The molecule has 0 saturated carbocycles. The highest BCUT2D eigenvalue weighted by molar-refractivity contribution is 7.88. The summed E-state index contributed by atoms with van der Waals surface area (Å²) in [5.74, 6) is 5.15. The van der Waals surface area contributed by atoms with Gasteiger partial charge in [0, 0.05) is 12.2 Å². The fraction of sp³-hybridized carbons (Fsp3) is 0.200. The summed E-state index contributed by atoms with van der Waals surface area (Å²) in [7, 11) is -3.29. The van der Waals surface area contributed by atoms with Gasteiger partial charge >= 0.3 is 0 Å². The van der Waals surface area contributed by atoms with Gasteiger partial charge in [-0.3, -0.25) is 5.84 Å². The summed E-state index contributed by atoms with van der Waals surface area (Å²) >= 11 is 0. The maximum atomic E-state index is 11.5. The first kappa shape index (κ1) is 15.9. The monoisotopic (exact) mass is 277 g/mol. The second kappa shape index (κ2) is 7.29. The highest BCUT2D eigenvalue weighted by Gasteiger charge is 2.09. The van der Waals surface area contributed by atoms with Crippen LogP contribution in [0.25, 0.3) is 0 Å². The van der Waals surface area contributed by atoms with Crippen molar-refractivity contribution in [3.05, 3.63) is 42.5 Å². The number of halogens is 1. The van der Waals surface area contributed by atoms with Gasteiger partial charge in [-0.25, -0.2) is 13.1 Å². The molecule has 0 spiro atoms. The average molecular weight is 278 g/mol. The zero-order chi connectivity index (χ0) is 12.0. The maximum absolute atomic E-state index is 11.5. The lowest BCUT2D eigenvalue weighted by Gasteiger charge is -2.05. The summed E-state index contributed by atoms with van der Waals surface area (Å²) in [5.41, 5.74) is 3.91. The quantitative estimate of drug-likeness (QED) is 0.411. The number of anilines is 1. The van der Waals surface area contributed by atoms with Gasteiger partial charge in [0.25, 0.3) is 0 Å². The van der Waals surface area contributed by atoms with Crippen LogP contribution in [0.2, 0.25) is 0 Å². The summed E-state index contributed by atoms with van der Waals surface area (Å²) in [4.78, 5) is 0. The van der Waals surface area contributed by atoms with Crippen LogP contribution in [0.5, 0.6) is 0 Å². The van der Waals surface area contributed by atoms with Gasteiger partial charge in [-0.1, -0.05) is 18.2 Å². The number of sulfonamides is 1. The Balaban J connectivity index is 0.00000256. The smallest absolute Gasteiger partial charge is 0.216 e. The molecule has 0 saturated heterocycles. The molecule has 0 fully saturated rings. The van der Waals surface area contributed by atoms with E-state index in [0.29, 0.717) is 5.56 Å². The first-order chi connectivity index (χ1) is 7.57. The van der Waals surface area contributed by atoms with Gasteiger partial charge in [-0.2, -0.15) is 0 Å². The number of nitrogens with two attached hydrogens (primary N) is 1. The molecule has 0 atom stereocenters. The topological polar surface area (TPSA) is 84.2 Å². The highest BCUT2D eigenvalue weighted by atomic mass is 35.5. The first-order valence-electron chi connectivity index (χ1n) is 4.71. The van der Waals surface area contributed by atoms with Crippen molar-refractivity contribution in [1.82, 2.24) is 4.72 Å². The van der Waals surface area contributed by atoms with E-state index < -0.39 is 10.0 Å². The van der Waals surface area contributed by atoms with Crippen LogP contribution >= 0.6 is 12.4 Å². The Bertz CT molecular complexity index is 445. The summed E-state index contributed by atoms with van der Waals surface area (Å²) < 4.78 is 25.4. The van der Waals surface area contributed by atoms with Gasteiger partial charge in [0.2, 0.25) is 10.0 Å². The minimum absolute atomic E-state index is 0. The van der Waals surface area contributed by atoms with E-state index in [1.54, 1.807) is 24.3 Å². The molecule has 0 unspecified atom stereocenters. The molecule has 4 N–H and O–H groups in total. The molecule has 0 heterocycles. The van der Waals surface area contributed by atoms with Crippen molar-refractivity contribution in [3.63, 3.8) is 0 Å². The van der Waals surface area contributed by atoms with Gasteiger partial charge in [-0.15, -0.1) is 19.0 Å². The van der Waals surface area contributed by atoms with E-state index in [1.165, 1.54) is 6.08 Å². The van der Waals surface area contributed by atoms with Gasteiger partial charge in [0.1, 0.15) is 0 Å². The molecule has 0 aliphatic carbocycles. The lowest BCUT2D eigenvalue weighted by Crippen LogP contribution is -2.25. The molecule has 5 nitrogen and oxygen atoms in total. The molecule has 0 amide bonds. The van der Waals surface area contributed by atoms with Gasteiger partial charge in [0.15, 0.2) is 0 Å². The molecule has 1 rings (SSSR count). The minimum atomic E-state index is -3.29. The zero-order valence-corrected chi connectivity index (χ0v) is 10.9. The lowest BCUT2D eigenvalue weighted by atomic mass is 10.2. The molecular weight excluding hydrogens is 262 g/mol. The Kier molecular flexibility index (Phi) is 6.82. The molecule has 17 heavy (non-hydrogen) atoms. The number of hydrogen-bond donors (Lipinski definition) is 3. The molecule has 96 valence electrons. The average Bonchev–Trinajstić information content (AvgIpc) is 2.27. The predicted octanol–water partition coefficient (Wildman–Crippen LogP) is 0.999. The molecule has 1 aromatic carbocycles. The second-order valence-electron chi connectivity index (χ2n) is 3.24. The van der Waals surface area contributed by atoms with Crippen LogP contribution < -0.4 is 16.0 Å². The second-order valence-corrected chi connectivity index (χ2v) is 5.04. The van der Waals surface area contributed by atoms with Crippen molar-refractivity contribution in [3.8, 4) is 0 Å². The Morgan fingerprint density at radius 3 is 2.35 bits per heavy atom. The summed E-state index contributed by atoms with van der Waals surface area (Å²) in [6, 6.07) is 6.86. The predicted molar refractivity (Wildman–Crippen MR) is 72.3 cm³/mol. The van der Waals surface area contributed by atoms with Crippen LogP contribution in [-0.4, -0.2) is 15.0 Å². The summed E-state index contributed by atoms with van der Waals surface area (Å²) in [5, 5.41) is 0. The lowest BCUT2D eigenvalue weighted by molar-refractivity contribution is 0.585. The molecule has 7 heteroatoms. The van der Waals surface area contributed by atoms with Crippen molar-refractivity contribution >= 4 is 28.1 Å². The number of rotatable bonds is 6. The molecular formula is C10H16ClN3O2S. The molecule has 0 aliphatic heterocycles. The number of benzene rings is 1. The zero-order valence-electron chi connectivity index (χ0n) is 9.22. The van der Waals surface area contributed by atoms with Crippen LogP contribution in [0, 0.1) is 0 Å². The first-order valence-corrected chi connectivity index (χ1v) is 6.36. The van der Waals surface area contributed by atoms with Crippen molar-refractivity contribution in [1.29, 1.82) is 0 Å². The molecule has 0 bridgehead atoms. The largest absolute Gasteiger partial charge is 0.324 e. The van der Waals surface area contributed by atoms with Crippen molar-refractivity contribution in [2.45, 2.75) is 5.75 Å². The van der Waals surface area contributed by atoms with Crippen molar-refractivity contribution in [2.24, 2.45) is 5.84 Å². The molecule has 0 aliphatic rings. The Morgan fingerprint density at radius 1 is 1.29 bits per heavy atom. The molecule has 0 radical (unpaired) electrons. The standard InChI is InChI=1S/C10H15N3O2S.ClH/c1-2-7-12-16(14,15)8-9-3-5-10(13-11)6-4-9;/h2-6,12-13H,1,7-8,11H2;1H. The summed E-state index contributed by atoms with van der Waals surface area (Å²) in [6.45, 7) is 3.69. The van der Waals surface area contributed by atoms with Gasteiger partial charge < -0.3 is 5.43 Å². The maximum Gasteiger partial charge on any atom is 0.216 e. The number of hydrazine groups is 1. The van der Waals surface area contributed by atoms with Gasteiger partial charge in [-0.05, 0) is 17.7 Å². The van der Waals surface area contributed by atoms with Crippen molar-refractivity contribution < 1.29 is 8.42 Å². The van der Waals surface area contributed by atoms with Crippen molar-refractivity contribution in [2.75, 3.05) is 12.0 Å². The third-order valence-corrected chi connectivity index (χ3v) is 3.24. The summed E-state index contributed by atoms with van der Waals surface area (Å²) in [6.07, 6.45) is 1.50. The van der Waals surface area contributed by atoms with Gasteiger partial charge in [0.05, 0.1) is 5.75 Å². The van der Waals surface area contributed by atoms with E-state index in [4.69, 9.17) is 5.84 Å². The third kappa shape index (κ3) is 5.69. The van der Waals surface area contributed by atoms with E-state index in [1.807, 2.05) is 0 Å². The fourth-order valence-corrected chi connectivity index (χ4v) is 2.26. The highest BCUT2D eigenvalue weighted by Crippen LogP contribution is 2.10. The fourth-order valence-electron chi connectivity index (χ4n) is 1.15. The number of nitrogen functional groups attached to an aromatic ring is 1. The van der Waals surface area contributed by atoms with E-state index in [0.717, 1.165) is 5.69 Å². The van der Waals surface area contributed by atoms with E-state index in [2.05, 4.69) is 16.7 Å². The number of nitrogens with one attached hydrogen (secondary N) is 2. The van der Waals surface area contributed by atoms with Crippen LogP contribution in [0.15, 0.2) is 36.9 Å². The minimum Gasteiger partial charge on any atom is -0.324 e. The Hall–Kier alpha value is -1.08. The third-order valence-electron chi connectivity index (χ3n) is 1.92. The van der Waals surface area contributed by atoms with E-state index in [-0.39, 0.29) is 24.7 Å². The Labute approximate surface area is 108 Å². The molecule has 0 aromatic heterocycles. The van der Waals surface area contributed by atoms with Crippen LogP contribution in [0.1, 0.15) is 5.56 Å². The van der Waals surface area contributed by atoms with E-state index >= 15 is 0 Å². The SMILES string of the molecule is C=CCNS(=O)(=O)Cc1ccc(NN)cc1.Cl.